The number of hydrogen-bond donors (Lipinski definition) is 1. The van der Waals surface area contributed by atoms with E-state index in [0.717, 1.165) is 29.7 Å². The lowest BCUT2D eigenvalue weighted by molar-refractivity contribution is -0.0339. The number of amides is 1. The molecule has 0 fully saturated rings. The first-order valence-corrected chi connectivity index (χ1v) is 7.77. The minimum Gasteiger partial charge on any atom is -0.444 e. The SMILES string of the molecule is CC(OC(N)=O)C1OCCCc2c(-c3ccccn3)cccc21. The monoisotopic (exact) mass is 312 g/mol. The van der Waals surface area contributed by atoms with E-state index in [2.05, 4.69) is 11.1 Å². The van der Waals surface area contributed by atoms with E-state index in [1.807, 2.05) is 30.3 Å². The first kappa shape index (κ1) is 15.5. The van der Waals surface area contributed by atoms with Crippen LogP contribution in [0.25, 0.3) is 11.3 Å². The van der Waals surface area contributed by atoms with Crippen LogP contribution in [0.4, 0.5) is 4.79 Å². The molecular weight excluding hydrogens is 292 g/mol. The molecule has 0 spiro atoms. The van der Waals surface area contributed by atoms with Gasteiger partial charge in [-0.15, -0.1) is 0 Å². The number of carbonyl (C=O) groups excluding carboxylic acids is 1. The number of ether oxygens (including phenoxy) is 2. The molecule has 120 valence electrons. The predicted octanol–water partition coefficient (Wildman–Crippen LogP) is 3.24. The summed E-state index contributed by atoms with van der Waals surface area (Å²) in [5, 5.41) is 0. The Kier molecular flexibility index (Phi) is 4.57. The van der Waals surface area contributed by atoms with Crippen LogP contribution in [-0.4, -0.2) is 23.8 Å². The van der Waals surface area contributed by atoms with Crippen LogP contribution in [0.5, 0.6) is 0 Å². The number of fused-ring (bicyclic) bond motifs is 1. The summed E-state index contributed by atoms with van der Waals surface area (Å²) in [6.45, 7) is 2.42. The number of primary amides is 1. The number of nitrogens with two attached hydrogens (primary N) is 1. The summed E-state index contributed by atoms with van der Waals surface area (Å²) in [6.07, 6.45) is 2.07. The maximum absolute atomic E-state index is 11.1. The molecule has 0 radical (unpaired) electrons. The van der Waals surface area contributed by atoms with Gasteiger partial charge in [0, 0.05) is 18.4 Å². The molecule has 0 saturated carbocycles. The van der Waals surface area contributed by atoms with Crippen molar-refractivity contribution in [1.82, 2.24) is 4.98 Å². The second kappa shape index (κ2) is 6.79. The van der Waals surface area contributed by atoms with Gasteiger partial charge in [0.05, 0.1) is 5.69 Å². The molecule has 2 N–H and O–H groups in total. The molecule has 2 heterocycles. The van der Waals surface area contributed by atoms with Crippen LogP contribution in [0.3, 0.4) is 0 Å². The van der Waals surface area contributed by atoms with E-state index in [-0.39, 0.29) is 6.10 Å². The molecule has 2 aromatic rings. The molecule has 0 aliphatic carbocycles. The molecule has 1 aromatic carbocycles. The van der Waals surface area contributed by atoms with Crippen LogP contribution >= 0.6 is 0 Å². The van der Waals surface area contributed by atoms with Crippen LogP contribution < -0.4 is 5.73 Å². The van der Waals surface area contributed by atoms with Crippen molar-refractivity contribution in [2.45, 2.75) is 32.0 Å². The van der Waals surface area contributed by atoms with Gasteiger partial charge in [-0.25, -0.2) is 4.79 Å². The van der Waals surface area contributed by atoms with Gasteiger partial charge in [-0.3, -0.25) is 4.98 Å². The van der Waals surface area contributed by atoms with Gasteiger partial charge in [-0.1, -0.05) is 24.3 Å². The van der Waals surface area contributed by atoms with Crippen molar-refractivity contribution in [3.8, 4) is 11.3 Å². The van der Waals surface area contributed by atoms with Crippen molar-refractivity contribution in [2.24, 2.45) is 5.73 Å². The maximum Gasteiger partial charge on any atom is 0.404 e. The topological polar surface area (TPSA) is 74.4 Å². The number of nitrogens with zero attached hydrogens (tertiary/aromatic N) is 1. The zero-order valence-electron chi connectivity index (χ0n) is 13.1. The molecule has 5 nitrogen and oxygen atoms in total. The number of rotatable bonds is 3. The van der Waals surface area contributed by atoms with Gasteiger partial charge < -0.3 is 15.2 Å². The standard InChI is InChI=1S/C18H20N2O3/c1-12(23-18(19)21)17-15-7-4-6-14(13(15)8-5-11-22-17)16-9-2-3-10-20-16/h2-4,6-7,9-10,12,17H,5,8,11H2,1H3,(H2,19,21). The molecule has 1 aliphatic heterocycles. The van der Waals surface area contributed by atoms with E-state index < -0.39 is 12.2 Å². The quantitative estimate of drug-likeness (QED) is 0.944. The van der Waals surface area contributed by atoms with Crippen LogP contribution in [0.15, 0.2) is 42.6 Å². The highest BCUT2D eigenvalue weighted by Crippen LogP contribution is 2.35. The molecule has 0 saturated heterocycles. The first-order chi connectivity index (χ1) is 11.2. The van der Waals surface area contributed by atoms with Crippen LogP contribution in [0, 0.1) is 0 Å². The Morgan fingerprint density at radius 3 is 2.96 bits per heavy atom. The van der Waals surface area contributed by atoms with Crippen molar-refractivity contribution < 1.29 is 14.3 Å². The number of benzene rings is 1. The van der Waals surface area contributed by atoms with Gasteiger partial charge in [0.2, 0.25) is 0 Å². The molecule has 1 aliphatic rings. The Hall–Kier alpha value is -2.40. The first-order valence-electron chi connectivity index (χ1n) is 7.77. The van der Waals surface area contributed by atoms with Crippen molar-refractivity contribution in [3.05, 3.63) is 53.7 Å². The minimum absolute atomic E-state index is 0.316. The molecule has 1 aromatic heterocycles. The minimum atomic E-state index is -0.784. The Morgan fingerprint density at radius 2 is 2.22 bits per heavy atom. The lowest BCUT2D eigenvalue weighted by Gasteiger charge is -2.24. The average Bonchev–Trinajstić information content (AvgIpc) is 2.77. The fourth-order valence-corrected chi connectivity index (χ4v) is 3.09. The summed E-state index contributed by atoms with van der Waals surface area (Å²) in [7, 11) is 0. The van der Waals surface area contributed by atoms with Crippen LogP contribution in [-0.2, 0) is 15.9 Å². The molecule has 0 bridgehead atoms. The zero-order chi connectivity index (χ0) is 16.2. The van der Waals surface area contributed by atoms with E-state index in [1.54, 1.807) is 13.1 Å². The molecule has 2 unspecified atom stereocenters. The predicted molar refractivity (Wildman–Crippen MR) is 86.8 cm³/mol. The Bertz CT molecular complexity index is 688. The van der Waals surface area contributed by atoms with Crippen molar-refractivity contribution in [2.75, 3.05) is 6.61 Å². The van der Waals surface area contributed by atoms with E-state index in [9.17, 15) is 4.79 Å². The summed E-state index contributed by atoms with van der Waals surface area (Å²) < 4.78 is 11.1. The highest BCUT2D eigenvalue weighted by Gasteiger charge is 2.28. The van der Waals surface area contributed by atoms with E-state index in [1.165, 1.54) is 5.56 Å². The smallest absolute Gasteiger partial charge is 0.404 e. The third-order valence-electron chi connectivity index (χ3n) is 4.06. The molecule has 3 rings (SSSR count). The zero-order valence-corrected chi connectivity index (χ0v) is 13.1. The lowest BCUT2D eigenvalue weighted by Crippen LogP contribution is -2.27. The maximum atomic E-state index is 11.1. The van der Waals surface area contributed by atoms with Gasteiger partial charge >= 0.3 is 6.09 Å². The van der Waals surface area contributed by atoms with Gasteiger partial charge in [-0.2, -0.15) is 0 Å². The largest absolute Gasteiger partial charge is 0.444 e. The normalized spacial score (nSPS) is 18.6. The van der Waals surface area contributed by atoms with Crippen LogP contribution in [0.2, 0.25) is 0 Å². The number of pyridine rings is 1. The lowest BCUT2D eigenvalue weighted by atomic mass is 9.91. The van der Waals surface area contributed by atoms with Gasteiger partial charge in [0.25, 0.3) is 0 Å². The van der Waals surface area contributed by atoms with Gasteiger partial charge in [0.1, 0.15) is 12.2 Å². The fraction of sp³-hybridized carbons (Fsp3) is 0.333. The van der Waals surface area contributed by atoms with E-state index in [4.69, 9.17) is 15.2 Å². The number of aromatic nitrogens is 1. The van der Waals surface area contributed by atoms with Gasteiger partial charge in [-0.05, 0) is 43.0 Å². The summed E-state index contributed by atoms with van der Waals surface area (Å²) in [6, 6.07) is 12.0. The molecule has 23 heavy (non-hydrogen) atoms. The summed E-state index contributed by atoms with van der Waals surface area (Å²) in [4.78, 5) is 15.5. The Morgan fingerprint density at radius 1 is 1.35 bits per heavy atom. The van der Waals surface area contributed by atoms with Crippen molar-refractivity contribution in [3.63, 3.8) is 0 Å². The summed E-state index contributed by atoms with van der Waals surface area (Å²) in [5.41, 5.74) is 9.44. The van der Waals surface area contributed by atoms with Crippen molar-refractivity contribution >= 4 is 6.09 Å². The fourth-order valence-electron chi connectivity index (χ4n) is 3.09. The van der Waals surface area contributed by atoms with Gasteiger partial charge in [0.15, 0.2) is 0 Å². The molecule has 5 heteroatoms. The van der Waals surface area contributed by atoms with Crippen molar-refractivity contribution in [1.29, 1.82) is 0 Å². The van der Waals surface area contributed by atoms with E-state index >= 15 is 0 Å². The second-order valence-electron chi connectivity index (χ2n) is 5.63. The third kappa shape index (κ3) is 3.35. The third-order valence-corrected chi connectivity index (χ3v) is 4.06. The highest BCUT2D eigenvalue weighted by molar-refractivity contribution is 5.66. The molecule has 1 amide bonds. The number of hydrogen-bond acceptors (Lipinski definition) is 4. The van der Waals surface area contributed by atoms with E-state index in [0.29, 0.717) is 6.61 Å². The molecular formula is C18H20N2O3. The summed E-state index contributed by atoms with van der Waals surface area (Å²) in [5.74, 6) is 0. The Labute approximate surface area is 135 Å². The Balaban J connectivity index is 2.03. The number of carbonyl (C=O) groups is 1. The van der Waals surface area contributed by atoms with Crippen LogP contribution in [0.1, 0.15) is 30.6 Å². The molecule has 2 atom stereocenters. The summed E-state index contributed by atoms with van der Waals surface area (Å²) >= 11 is 0. The second-order valence-corrected chi connectivity index (χ2v) is 5.63. The average molecular weight is 312 g/mol. The highest BCUT2D eigenvalue weighted by atomic mass is 16.6.